The number of ether oxygens (including phenoxy) is 2. The van der Waals surface area contributed by atoms with Crippen molar-refractivity contribution in [3.63, 3.8) is 0 Å². The number of unbranched alkanes of at least 4 members (excludes halogenated alkanes) is 1. The Morgan fingerprint density at radius 2 is 1.68 bits per heavy atom. The van der Waals surface area contributed by atoms with Gasteiger partial charge in [0, 0.05) is 37.3 Å². The molecule has 2 aromatic rings. The number of ketones is 1. The number of benzene rings is 2. The third-order valence-electron chi connectivity index (χ3n) is 4.15. The van der Waals surface area contributed by atoms with Gasteiger partial charge in [-0.05, 0) is 31.4 Å². The molecule has 0 saturated carbocycles. The van der Waals surface area contributed by atoms with E-state index in [1.54, 1.807) is 18.2 Å². The Morgan fingerprint density at radius 3 is 2.32 bits per heavy atom. The monoisotopic (exact) mass is 344 g/mol. The number of hydrogen-bond donors (Lipinski definition) is 2. The summed E-state index contributed by atoms with van der Waals surface area (Å²) in [7, 11) is 2.96. The number of rotatable bonds is 9. The summed E-state index contributed by atoms with van der Waals surface area (Å²) in [5.74, 6) is 0.103. The van der Waals surface area contributed by atoms with Crippen LogP contribution in [-0.4, -0.2) is 30.2 Å². The lowest BCUT2D eigenvalue weighted by atomic mass is 9.99. The molecule has 0 aromatic heterocycles. The molecule has 0 spiro atoms. The zero-order valence-electron chi connectivity index (χ0n) is 14.6. The van der Waals surface area contributed by atoms with Crippen LogP contribution in [0.2, 0.25) is 0 Å². The molecule has 2 aromatic carbocycles. The van der Waals surface area contributed by atoms with E-state index in [1.807, 2.05) is 18.2 Å². The first-order chi connectivity index (χ1) is 12.1. The van der Waals surface area contributed by atoms with Crippen LogP contribution in [-0.2, 0) is 15.9 Å². The van der Waals surface area contributed by atoms with Gasteiger partial charge in [0.25, 0.3) is 0 Å². The fourth-order valence-electron chi connectivity index (χ4n) is 2.79. The van der Waals surface area contributed by atoms with Gasteiger partial charge in [0.15, 0.2) is 12.1 Å². The lowest BCUT2D eigenvalue weighted by Crippen LogP contribution is -2.05. The lowest BCUT2D eigenvalue weighted by molar-refractivity contribution is -0.107. The van der Waals surface area contributed by atoms with E-state index in [0.29, 0.717) is 42.4 Å². The number of carbonyl (C=O) groups is 1. The number of carbonyl (C=O) groups excluding carboxylic acids is 1. The molecule has 0 aliphatic rings. The van der Waals surface area contributed by atoms with Crippen LogP contribution in [0.5, 0.6) is 11.5 Å². The average molecular weight is 344 g/mol. The minimum Gasteiger partial charge on any atom is -0.508 e. The second-order valence-corrected chi connectivity index (χ2v) is 5.80. The highest BCUT2D eigenvalue weighted by Gasteiger charge is 2.19. The number of methoxy groups -OCH3 is 2. The molecular formula is C20H24O5. The van der Waals surface area contributed by atoms with Crippen molar-refractivity contribution in [2.75, 3.05) is 14.2 Å². The average Bonchev–Trinajstić information content (AvgIpc) is 2.64. The smallest absolute Gasteiger partial charge is 0.186 e. The molecule has 2 rings (SSSR count). The highest BCUT2D eigenvalue weighted by atomic mass is 16.7. The van der Waals surface area contributed by atoms with Crippen LogP contribution in [0.1, 0.15) is 47.0 Å². The number of phenolic OH excluding ortho intramolecular Hbond substituents is 2. The maximum Gasteiger partial charge on any atom is 0.186 e. The maximum atomic E-state index is 12.1. The largest absolute Gasteiger partial charge is 0.508 e. The van der Waals surface area contributed by atoms with Crippen molar-refractivity contribution < 1.29 is 24.5 Å². The van der Waals surface area contributed by atoms with E-state index in [4.69, 9.17) is 9.47 Å². The van der Waals surface area contributed by atoms with Crippen molar-refractivity contribution in [3.8, 4) is 11.5 Å². The standard InChI is InChI=1S/C20H24O5/c1-24-20(25-2)16-12-13-18(22)15(19(16)23)10-6-7-11-17(21)14-8-4-3-5-9-14/h3-5,8-9,12-13,20,22-23H,6-7,10-11H2,1-2H3. The highest BCUT2D eigenvalue weighted by Crippen LogP contribution is 2.36. The van der Waals surface area contributed by atoms with Crippen LogP contribution in [0.3, 0.4) is 0 Å². The number of Topliss-reactive ketones (excluding diaryl/α,β-unsaturated/α-hetero) is 1. The van der Waals surface area contributed by atoms with Gasteiger partial charge in [-0.3, -0.25) is 4.79 Å². The third kappa shape index (κ3) is 4.81. The summed E-state index contributed by atoms with van der Waals surface area (Å²) >= 11 is 0. The molecule has 0 radical (unpaired) electrons. The molecule has 2 N–H and O–H groups in total. The van der Waals surface area contributed by atoms with Crippen molar-refractivity contribution in [3.05, 3.63) is 59.2 Å². The van der Waals surface area contributed by atoms with Crippen LogP contribution >= 0.6 is 0 Å². The maximum absolute atomic E-state index is 12.1. The summed E-state index contributed by atoms with van der Waals surface area (Å²) in [5.41, 5.74) is 1.63. The van der Waals surface area contributed by atoms with E-state index < -0.39 is 6.29 Å². The Balaban J connectivity index is 1.96. The van der Waals surface area contributed by atoms with Crippen molar-refractivity contribution in [2.24, 2.45) is 0 Å². The minimum atomic E-state index is -0.695. The van der Waals surface area contributed by atoms with Crippen molar-refractivity contribution in [1.82, 2.24) is 0 Å². The Morgan fingerprint density at radius 1 is 1.00 bits per heavy atom. The first-order valence-corrected chi connectivity index (χ1v) is 8.26. The lowest BCUT2D eigenvalue weighted by Gasteiger charge is -2.18. The van der Waals surface area contributed by atoms with Gasteiger partial charge in [-0.1, -0.05) is 30.3 Å². The summed E-state index contributed by atoms with van der Waals surface area (Å²) in [5, 5.41) is 20.4. The summed E-state index contributed by atoms with van der Waals surface area (Å²) in [4.78, 5) is 12.1. The first kappa shape index (κ1) is 19.0. The van der Waals surface area contributed by atoms with E-state index >= 15 is 0 Å². The zero-order valence-corrected chi connectivity index (χ0v) is 14.6. The topological polar surface area (TPSA) is 76.0 Å². The molecule has 134 valence electrons. The number of aromatic hydroxyl groups is 2. The molecule has 25 heavy (non-hydrogen) atoms. The molecule has 0 bridgehead atoms. The van der Waals surface area contributed by atoms with E-state index in [0.717, 1.165) is 0 Å². The molecule has 0 fully saturated rings. The molecule has 0 unspecified atom stereocenters. The van der Waals surface area contributed by atoms with Crippen LogP contribution in [0.15, 0.2) is 42.5 Å². The van der Waals surface area contributed by atoms with Gasteiger partial charge in [0.1, 0.15) is 11.5 Å². The third-order valence-corrected chi connectivity index (χ3v) is 4.15. The van der Waals surface area contributed by atoms with Gasteiger partial charge in [-0.2, -0.15) is 0 Å². The SMILES string of the molecule is COC(OC)c1ccc(O)c(CCCCC(=O)c2ccccc2)c1O. The van der Waals surface area contributed by atoms with E-state index in [2.05, 4.69) is 0 Å². The quantitative estimate of drug-likeness (QED) is 0.409. The highest BCUT2D eigenvalue weighted by molar-refractivity contribution is 5.95. The number of phenols is 2. The molecule has 0 aliphatic carbocycles. The molecule has 0 amide bonds. The summed E-state index contributed by atoms with van der Waals surface area (Å²) in [6.45, 7) is 0. The Labute approximate surface area is 147 Å². The Bertz CT molecular complexity index is 693. The van der Waals surface area contributed by atoms with E-state index in [-0.39, 0.29) is 17.3 Å². The molecular weight excluding hydrogens is 320 g/mol. The van der Waals surface area contributed by atoms with Crippen LogP contribution in [0.25, 0.3) is 0 Å². The number of hydrogen-bond acceptors (Lipinski definition) is 5. The van der Waals surface area contributed by atoms with Gasteiger partial charge in [0.2, 0.25) is 0 Å². The molecule has 0 saturated heterocycles. The van der Waals surface area contributed by atoms with Gasteiger partial charge >= 0.3 is 0 Å². The van der Waals surface area contributed by atoms with Crippen LogP contribution in [0, 0.1) is 0 Å². The van der Waals surface area contributed by atoms with Gasteiger partial charge in [-0.15, -0.1) is 0 Å². The normalized spacial score (nSPS) is 11.0. The molecule has 0 atom stereocenters. The first-order valence-electron chi connectivity index (χ1n) is 8.26. The van der Waals surface area contributed by atoms with Gasteiger partial charge < -0.3 is 19.7 Å². The van der Waals surface area contributed by atoms with Crippen LogP contribution < -0.4 is 0 Å². The minimum absolute atomic E-state index is 0.0249. The van der Waals surface area contributed by atoms with Crippen molar-refractivity contribution in [1.29, 1.82) is 0 Å². The van der Waals surface area contributed by atoms with Gasteiger partial charge in [0.05, 0.1) is 0 Å². The van der Waals surface area contributed by atoms with Crippen molar-refractivity contribution in [2.45, 2.75) is 32.0 Å². The van der Waals surface area contributed by atoms with Crippen molar-refractivity contribution >= 4 is 5.78 Å². The second kappa shape index (κ2) is 9.20. The molecule has 5 heteroatoms. The fourth-order valence-corrected chi connectivity index (χ4v) is 2.79. The summed E-state index contributed by atoms with van der Waals surface area (Å²) in [6, 6.07) is 12.3. The van der Waals surface area contributed by atoms with E-state index in [1.165, 1.54) is 20.3 Å². The van der Waals surface area contributed by atoms with E-state index in [9.17, 15) is 15.0 Å². The molecule has 0 aliphatic heterocycles. The second-order valence-electron chi connectivity index (χ2n) is 5.80. The zero-order chi connectivity index (χ0) is 18.2. The molecule has 5 nitrogen and oxygen atoms in total. The fraction of sp³-hybridized carbons (Fsp3) is 0.350. The van der Waals surface area contributed by atoms with Gasteiger partial charge in [-0.25, -0.2) is 0 Å². The molecule has 0 heterocycles. The predicted octanol–water partition coefficient (Wildman–Crippen LogP) is 3.98. The predicted molar refractivity (Wildman–Crippen MR) is 94.9 cm³/mol. The summed E-state index contributed by atoms with van der Waals surface area (Å²) in [6.07, 6.45) is 1.55. The van der Waals surface area contributed by atoms with Crippen LogP contribution in [0.4, 0.5) is 0 Å². The Hall–Kier alpha value is -2.37. The summed E-state index contributed by atoms with van der Waals surface area (Å²) < 4.78 is 10.3. The Kier molecular flexibility index (Phi) is 6.98.